The summed E-state index contributed by atoms with van der Waals surface area (Å²) in [4.78, 5) is 0. The summed E-state index contributed by atoms with van der Waals surface area (Å²) in [5.41, 5.74) is 6.69. The second-order valence-electron chi connectivity index (χ2n) is 7.24. The zero-order valence-electron chi connectivity index (χ0n) is 16.5. The van der Waals surface area contributed by atoms with Gasteiger partial charge in [0.1, 0.15) is 5.75 Å². The monoisotopic (exact) mass is 354 g/mol. The van der Waals surface area contributed by atoms with Crippen LogP contribution in [0.25, 0.3) is 0 Å². The molecule has 0 N–H and O–H groups in total. The molecule has 3 aromatic rings. The Morgan fingerprint density at radius 3 is 2.22 bits per heavy atom. The van der Waals surface area contributed by atoms with E-state index in [2.05, 4.69) is 81.3 Å². The van der Waals surface area contributed by atoms with Crippen molar-refractivity contribution in [3.63, 3.8) is 0 Å². The van der Waals surface area contributed by atoms with E-state index in [4.69, 9.17) is 11.2 Å². The summed E-state index contributed by atoms with van der Waals surface area (Å²) >= 11 is 0. The molecule has 0 saturated carbocycles. The van der Waals surface area contributed by atoms with Gasteiger partial charge in [0.2, 0.25) is 0 Å². The van der Waals surface area contributed by atoms with Gasteiger partial charge >= 0.3 is 0 Å². The third-order valence-electron chi connectivity index (χ3n) is 5.39. The summed E-state index contributed by atoms with van der Waals surface area (Å²) in [6, 6.07) is 23.3. The maximum absolute atomic E-state index is 6.23. The summed E-state index contributed by atoms with van der Waals surface area (Å²) < 4.78 is 5.47. The molecule has 0 bridgehead atoms. The molecule has 0 saturated heterocycles. The van der Waals surface area contributed by atoms with Gasteiger partial charge in [-0.05, 0) is 67.1 Å². The van der Waals surface area contributed by atoms with Gasteiger partial charge in [-0.3, -0.25) is 0 Å². The van der Waals surface area contributed by atoms with Crippen LogP contribution in [0.1, 0.15) is 33.4 Å². The highest BCUT2D eigenvalue weighted by Crippen LogP contribution is 2.37. The summed E-state index contributed by atoms with van der Waals surface area (Å²) in [5.74, 6) is 3.96. The molecule has 3 rings (SSSR count). The molecule has 3 aromatic carbocycles. The first-order chi connectivity index (χ1) is 13.0. The van der Waals surface area contributed by atoms with E-state index >= 15 is 0 Å². The zero-order valence-corrected chi connectivity index (χ0v) is 16.5. The first-order valence-corrected chi connectivity index (χ1v) is 9.24. The van der Waals surface area contributed by atoms with Crippen LogP contribution in [0.4, 0.5) is 0 Å². The van der Waals surface area contributed by atoms with Gasteiger partial charge in [-0.15, -0.1) is 6.42 Å². The van der Waals surface area contributed by atoms with E-state index in [1.165, 1.54) is 22.3 Å². The summed E-state index contributed by atoms with van der Waals surface area (Å²) in [6.07, 6.45) is 6.96. The molecule has 0 aromatic heterocycles. The molecule has 0 spiro atoms. The molecule has 0 amide bonds. The number of hydrogen-bond acceptors (Lipinski definition) is 1. The van der Waals surface area contributed by atoms with Crippen LogP contribution in [0, 0.1) is 33.1 Å². The second-order valence-corrected chi connectivity index (χ2v) is 7.24. The third kappa shape index (κ3) is 3.76. The molecule has 0 radical (unpaired) electrons. The van der Waals surface area contributed by atoms with Crippen LogP contribution >= 0.6 is 0 Å². The lowest BCUT2D eigenvalue weighted by Gasteiger charge is -2.31. The van der Waals surface area contributed by atoms with Crippen LogP contribution in [-0.2, 0) is 11.8 Å². The molecule has 0 fully saturated rings. The standard InChI is InChI=1S/C26H26O/c1-6-26(23-14-10-19(2)11-15-23,24-8-7-9-25(17-24)27-5)18-22-13-12-20(3)21(4)16-22/h1,7-17H,18H2,2-5H3. The molecule has 27 heavy (non-hydrogen) atoms. The maximum Gasteiger partial charge on any atom is 0.119 e. The van der Waals surface area contributed by atoms with Gasteiger partial charge < -0.3 is 4.74 Å². The van der Waals surface area contributed by atoms with Crippen LogP contribution in [0.3, 0.4) is 0 Å². The van der Waals surface area contributed by atoms with Crippen molar-refractivity contribution in [3.8, 4) is 18.1 Å². The van der Waals surface area contributed by atoms with Gasteiger partial charge in [-0.2, -0.15) is 0 Å². The largest absolute Gasteiger partial charge is 0.497 e. The van der Waals surface area contributed by atoms with Gasteiger partial charge in [0.15, 0.2) is 0 Å². The SMILES string of the molecule is C#CC(Cc1ccc(C)c(C)c1)(c1ccc(C)cc1)c1cccc(OC)c1. The lowest BCUT2D eigenvalue weighted by Crippen LogP contribution is -2.29. The van der Waals surface area contributed by atoms with Crippen molar-refractivity contribution >= 4 is 0 Å². The average molecular weight is 354 g/mol. The normalized spacial score (nSPS) is 12.9. The van der Waals surface area contributed by atoms with Gasteiger partial charge in [0.05, 0.1) is 12.5 Å². The number of rotatable bonds is 5. The lowest BCUT2D eigenvalue weighted by atomic mass is 9.71. The highest BCUT2D eigenvalue weighted by molar-refractivity contribution is 5.52. The molecule has 1 heteroatoms. The summed E-state index contributed by atoms with van der Waals surface area (Å²) in [7, 11) is 1.69. The van der Waals surface area contributed by atoms with E-state index in [0.29, 0.717) is 0 Å². The van der Waals surface area contributed by atoms with Crippen molar-refractivity contribution in [1.29, 1.82) is 0 Å². The third-order valence-corrected chi connectivity index (χ3v) is 5.39. The van der Waals surface area contributed by atoms with E-state index in [1.807, 2.05) is 12.1 Å². The average Bonchev–Trinajstić information content (AvgIpc) is 2.69. The molecule has 0 heterocycles. The Hall–Kier alpha value is -2.98. The quantitative estimate of drug-likeness (QED) is 0.528. The first kappa shape index (κ1) is 18.8. The lowest BCUT2D eigenvalue weighted by molar-refractivity contribution is 0.413. The van der Waals surface area contributed by atoms with Crippen molar-refractivity contribution in [3.05, 3.63) is 100 Å². The minimum atomic E-state index is -0.552. The predicted molar refractivity (Wildman–Crippen MR) is 113 cm³/mol. The van der Waals surface area contributed by atoms with Gasteiger partial charge in [-0.1, -0.05) is 66.1 Å². The molecular weight excluding hydrogens is 328 g/mol. The first-order valence-electron chi connectivity index (χ1n) is 9.24. The predicted octanol–water partition coefficient (Wildman–Crippen LogP) is 5.78. The highest BCUT2D eigenvalue weighted by Gasteiger charge is 2.33. The Kier molecular flexibility index (Phi) is 5.38. The Morgan fingerprint density at radius 1 is 0.852 bits per heavy atom. The van der Waals surface area contributed by atoms with Gasteiger partial charge in [0.25, 0.3) is 0 Å². The van der Waals surface area contributed by atoms with Crippen LogP contribution in [0.5, 0.6) is 5.75 Å². The molecule has 1 unspecified atom stereocenters. The van der Waals surface area contributed by atoms with Crippen LogP contribution in [0.2, 0.25) is 0 Å². The number of terminal acetylenes is 1. The van der Waals surface area contributed by atoms with E-state index in [0.717, 1.165) is 23.3 Å². The minimum absolute atomic E-state index is 0.552. The number of benzene rings is 3. The fourth-order valence-corrected chi connectivity index (χ4v) is 3.53. The number of ether oxygens (including phenoxy) is 1. The minimum Gasteiger partial charge on any atom is -0.497 e. The summed E-state index contributed by atoms with van der Waals surface area (Å²) in [5, 5.41) is 0. The van der Waals surface area contributed by atoms with Crippen molar-refractivity contribution in [1.82, 2.24) is 0 Å². The molecule has 136 valence electrons. The van der Waals surface area contributed by atoms with Crippen molar-refractivity contribution < 1.29 is 4.74 Å². The maximum atomic E-state index is 6.23. The fourth-order valence-electron chi connectivity index (χ4n) is 3.53. The Bertz CT molecular complexity index is 976. The fraction of sp³-hybridized carbons (Fsp3) is 0.231. The molecule has 1 nitrogen and oxygen atoms in total. The smallest absolute Gasteiger partial charge is 0.119 e. The topological polar surface area (TPSA) is 9.23 Å². The highest BCUT2D eigenvalue weighted by atomic mass is 16.5. The molecule has 0 aliphatic heterocycles. The zero-order chi connectivity index (χ0) is 19.4. The molecule has 1 atom stereocenters. The number of hydrogen-bond donors (Lipinski definition) is 0. The summed E-state index contributed by atoms with van der Waals surface area (Å²) in [6.45, 7) is 6.37. The van der Waals surface area contributed by atoms with Gasteiger partial charge in [-0.25, -0.2) is 0 Å². The molecule has 0 aliphatic carbocycles. The number of aryl methyl sites for hydroxylation is 3. The van der Waals surface area contributed by atoms with Crippen LogP contribution in [0.15, 0.2) is 66.7 Å². The van der Waals surface area contributed by atoms with Crippen LogP contribution in [-0.4, -0.2) is 7.11 Å². The van der Waals surface area contributed by atoms with E-state index in [9.17, 15) is 0 Å². The van der Waals surface area contributed by atoms with E-state index in [-0.39, 0.29) is 0 Å². The molecular formula is C26H26O. The van der Waals surface area contributed by atoms with E-state index < -0.39 is 5.41 Å². The van der Waals surface area contributed by atoms with E-state index in [1.54, 1.807) is 7.11 Å². The van der Waals surface area contributed by atoms with Crippen molar-refractivity contribution in [2.24, 2.45) is 0 Å². The molecule has 0 aliphatic rings. The Morgan fingerprint density at radius 2 is 1.59 bits per heavy atom. The second kappa shape index (κ2) is 7.72. The number of methoxy groups -OCH3 is 1. The van der Waals surface area contributed by atoms with Crippen LogP contribution < -0.4 is 4.74 Å². The van der Waals surface area contributed by atoms with Gasteiger partial charge in [0, 0.05) is 0 Å². The van der Waals surface area contributed by atoms with Crippen molar-refractivity contribution in [2.75, 3.05) is 7.11 Å². The Labute approximate surface area is 163 Å². The van der Waals surface area contributed by atoms with Crippen molar-refractivity contribution in [2.45, 2.75) is 32.6 Å². The Balaban J connectivity index is 2.19.